The molecular weight excluding hydrogens is 287 g/mol. The number of hydrogen-bond acceptors (Lipinski definition) is 5. The molecule has 0 amide bonds. The highest BCUT2D eigenvalue weighted by Gasteiger charge is 2.65. The maximum atomic E-state index is 12.4. The smallest absolute Gasteiger partial charge is 0.411 e. The summed E-state index contributed by atoms with van der Waals surface area (Å²) in [5, 5.41) is 12.0. The van der Waals surface area contributed by atoms with E-state index in [1.165, 1.54) is 0 Å². The van der Waals surface area contributed by atoms with E-state index in [0.29, 0.717) is 6.42 Å². The molecule has 9 heteroatoms. The van der Waals surface area contributed by atoms with Crippen LogP contribution in [-0.4, -0.2) is 30.4 Å². The normalized spacial score (nSPS) is 36.1. The second kappa shape index (κ2) is 3.85. The summed E-state index contributed by atoms with van der Waals surface area (Å²) < 4.78 is 64.0. The van der Waals surface area contributed by atoms with Gasteiger partial charge in [0.1, 0.15) is 5.60 Å². The summed E-state index contributed by atoms with van der Waals surface area (Å²) in [6, 6.07) is 0. The van der Waals surface area contributed by atoms with Crippen LogP contribution in [0.5, 0.6) is 0 Å². The lowest BCUT2D eigenvalue weighted by molar-refractivity contribution is -0.0599. The summed E-state index contributed by atoms with van der Waals surface area (Å²) in [6.45, 7) is 3.41. The van der Waals surface area contributed by atoms with Crippen LogP contribution in [0.4, 0.5) is 13.2 Å². The average Bonchev–Trinajstić information content (AvgIpc) is 2.68. The number of halogens is 3. The van der Waals surface area contributed by atoms with Crippen molar-refractivity contribution in [3.63, 3.8) is 0 Å². The average molecular weight is 301 g/mol. The van der Waals surface area contributed by atoms with Crippen LogP contribution in [0.3, 0.4) is 0 Å². The maximum absolute atomic E-state index is 12.4. The van der Waals surface area contributed by atoms with Gasteiger partial charge in [0.2, 0.25) is 0 Å². The molecular formula is C10H14F3NO4S. The Balaban J connectivity index is 2.41. The van der Waals surface area contributed by atoms with Gasteiger partial charge >= 0.3 is 15.6 Å². The Labute approximate surface area is 108 Å². The molecule has 2 bridgehead atoms. The highest BCUT2D eigenvalue weighted by molar-refractivity contribution is 7.87. The zero-order valence-electron chi connectivity index (χ0n) is 10.4. The van der Waals surface area contributed by atoms with Crippen molar-refractivity contribution in [2.45, 2.75) is 44.2 Å². The number of oxime groups is 1. The van der Waals surface area contributed by atoms with Gasteiger partial charge in [-0.3, -0.25) is 4.18 Å². The third-order valence-corrected chi connectivity index (χ3v) is 5.29. The summed E-state index contributed by atoms with van der Waals surface area (Å²) in [5.74, 6) is -0.0539. The fourth-order valence-electron chi connectivity index (χ4n) is 3.21. The fraction of sp³-hybridized carbons (Fsp3) is 0.900. The zero-order chi connectivity index (χ0) is 14.7. The predicted molar refractivity (Wildman–Crippen MR) is 59.1 cm³/mol. The Morgan fingerprint density at radius 2 is 2.00 bits per heavy atom. The first-order valence-corrected chi connectivity index (χ1v) is 7.12. The molecule has 0 aliphatic heterocycles. The quantitative estimate of drug-likeness (QED) is 0.367. The third-order valence-electron chi connectivity index (χ3n) is 4.19. The van der Waals surface area contributed by atoms with E-state index in [1.54, 1.807) is 13.8 Å². The van der Waals surface area contributed by atoms with Gasteiger partial charge in [0.25, 0.3) is 0 Å². The lowest BCUT2D eigenvalue weighted by Gasteiger charge is -2.35. The number of alkyl halides is 3. The number of rotatable bonds is 2. The molecule has 0 spiro atoms. The molecule has 19 heavy (non-hydrogen) atoms. The molecule has 2 unspecified atom stereocenters. The van der Waals surface area contributed by atoms with Crippen LogP contribution in [0, 0.1) is 11.3 Å². The van der Waals surface area contributed by atoms with Crippen molar-refractivity contribution in [1.82, 2.24) is 0 Å². The van der Waals surface area contributed by atoms with Gasteiger partial charge in [-0.05, 0) is 25.2 Å². The van der Waals surface area contributed by atoms with Crippen molar-refractivity contribution in [3.8, 4) is 0 Å². The maximum Gasteiger partial charge on any atom is 0.523 e. The van der Waals surface area contributed by atoms with Crippen LogP contribution in [0.1, 0.15) is 33.1 Å². The Morgan fingerprint density at radius 1 is 1.42 bits per heavy atom. The third kappa shape index (κ3) is 1.94. The summed E-state index contributed by atoms with van der Waals surface area (Å²) in [5.41, 5.74) is -7.83. The van der Waals surface area contributed by atoms with Crippen LogP contribution < -0.4 is 0 Å². The topological polar surface area (TPSA) is 76.0 Å². The van der Waals surface area contributed by atoms with Gasteiger partial charge in [0.15, 0.2) is 0 Å². The first kappa shape index (κ1) is 14.6. The highest BCUT2D eigenvalue weighted by Crippen LogP contribution is 2.58. The number of nitrogens with zero attached hydrogens (tertiary/aromatic N) is 1. The Bertz CT molecular complexity index is 525. The fourth-order valence-corrected chi connectivity index (χ4v) is 3.96. The van der Waals surface area contributed by atoms with Crippen molar-refractivity contribution in [2.75, 3.05) is 0 Å². The van der Waals surface area contributed by atoms with E-state index in [1.807, 2.05) is 0 Å². The lowest BCUT2D eigenvalue weighted by Crippen LogP contribution is -2.47. The molecule has 5 nitrogen and oxygen atoms in total. The Hall–Kier alpha value is -0.830. The monoisotopic (exact) mass is 301 g/mol. The molecule has 2 aliphatic rings. The van der Waals surface area contributed by atoms with Gasteiger partial charge in [-0.2, -0.15) is 21.6 Å². The standard InChI is InChI=1S/C10H14F3NO4S/c1-8(2)6-3-4-9(5-6,7(8)14-15)18-19(16,17)10(11,12)13/h6,15H,3-5H2,1-2H3. The minimum atomic E-state index is -5.71. The summed E-state index contributed by atoms with van der Waals surface area (Å²) in [7, 11) is -5.71. The molecule has 0 radical (unpaired) electrons. The SMILES string of the molecule is CC1(C)C(=NO)C2(OS(=O)(=O)C(F)(F)F)CCC1C2. The van der Waals surface area contributed by atoms with Crippen molar-refractivity contribution < 1.29 is 31.0 Å². The van der Waals surface area contributed by atoms with E-state index in [9.17, 15) is 21.6 Å². The molecule has 2 rings (SSSR count). The summed E-state index contributed by atoms with van der Waals surface area (Å²) >= 11 is 0. The molecule has 0 aromatic rings. The number of fused-ring (bicyclic) bond motifs is 2. The minimum absolute atomic E-state index is 0.0240. The van der Waals surface area contributed by atoms with E-state index >= 15 is 0 Å². The van der Waals surface area contributed by atoms with Crippen LogP contribution in [0.15, 0.2) is 5.16 Å². The van der Waals surface area contributed by atoms with Crippen molar-refractivity contribution in [3.05, 3.63) is 0 Å². The van der Waals surface area contributed by atoms with E-state index in [0.717, 1.165) is 0 Å². The van der Waals surface area contributed by atoms with Crippen molar-refractivity contribution in [1.29, 1.82) is 0 Å². The van der Waals surface area contributed by atoms with Crippen LogP contribution >= 0.6 is 0 Å². The molecule has 0 aromatic heterocycles. The second-order valence-corrected chi connectivity index (χ2v) is 7.13. The zero-order valence-corrected chi connectivity index (χ0v) is 11.2. The first-order chi connectivity index (χ1) is 8.46. The van der Waals surface area contributed by atoms with Gasteiger partial charge in [-0.1, -0.05) is 19.0 Å². The first-order valence-electron chi connectivity index (χ1n) is 5.71. The number of hydrogen-bond donors (Lipinski definition) is 1. The molecule has 2 fully saturated rings. The predicted octanol–water partition coefficient (Wildman–Crippen LogP) is 2.26. The molecule has 0 heterocycles. The molecule has 110 valence electrons. The molecule has 2 aliphatic carbocycles. The molecule has 0 aromatic carbocycles. The van der Waals surface area contributed by atoms with E-state index < -0.39 is 26.6 Å². The van der Waals surface area contributed by atoms with Crippen molar-refractivity contribution >= 4 is 15.8 Å². The van der Waals surface area contributed by atoms with E-state index in [2.05, 4.69) is 9.34 Å². The van der Waals surface area contributed by atoms with E-state index in [4.69, 9.17) is 5.21 Å². The molecule has 0 saturated heterocycles. The van der Waals surface area contributed by atoms with Crippen LogP contribution in [0.2, 0.25) is 0 Å². The summed E-state index contributed by atoms with van der Waals surface area (Å²) in [6.07, 6.45) is 0.768. The van der Waals surface area contributed by atoms with Crippen molar-refractivity contribution in [2.24, 2.45) is 16.5 Å². The Kier molecular flexibility index (Phi) is 2.95. The lowest BCUT2D eigenvalue weighted by atomic mass is 9.74. The largest absolute Gasteiger partial charge is 0.523 e. The van der Waals surface area contributed by atoms with Gasteiger partial charge in [0.05, 0.1) is 5.71 Å². The molecule has 2 saturated carbocycles. The van der Waals surface area contributed by atoms with Gasteiger partial charge < -0.3 is 5.21 Å². The van der Waals surface area contributed by atoms with Gasteiger partial charge in [-0.15, -0.1) is 0 Å². The van der Waals surface area contributed by atoms with Crippen LogP contribution in [0.25, 0.3) is 0 Å². The van der Waals surface area contributed by atoms with Gasteiger partial charge in [0, 0.05) is 5.41 Å². The minimum Gasteiger partial charge on any atom is -0.411 e. The van der Waals surface area contributed by atoms with Crippen LogP contribution in [-0.2, 0) is 14.3 Å². The molecule has 2 atom stereocenters. The van der Waals surface area contributed by atoms with Gasteiger partial charge in [-0.25, -0.2) is 0 Å². The highest BCUT2D eigenvalue weighted by atomic mass is 32.2. The summed E-state index contributed by atoms with van der Waals surface area (Å²) in [4.78, 5) is 0. The van der Waals surface area contributed by atoms with E-state index in [-0.39, 0.29) is 24.5 Å². The second-order valence-electron chi connectivity index (χ2n) is 5.59. The molecule has 1 N–H and O–H groups in total. The Morgan fingerprint density at radius 3 is 2.47 bits per heavy atom.